The molecule has 1 aromatic carbocycles. The minimum absolute atomic E-state index is 0.225. The van der Waals surface area contributed by atoms with Crippen molar-refractivity contribution in [1.29, 1.82) is 0 Å². The predicted octanol–water partition coefficient (Wildman–Crippen LogP) is 3.23. The third-order valence-electron chi connectivity index (χ3n) is 2.83. The second-order valence-corrected chi connectivity index (χ2v) is 4.91. The number of hydrogen-bond acceptors (Lipinski definition) is 2. The Kier molecular flexibility index (Phi) is 7.19. The summed E-state index contributed by atoms with van der Waals surface area (Å²) in [5.41, 5.74) is 2.69. The highest BCUT2D eigenvalue weighted by Gasteiger charge is 1.99. The molecular weight excluding hydrogens is 222 g/mol. The van der Waals surface area contributed by atoms with E-state index in [4.69, 9.17) is 5.11 Å². The molecule has 0 aromatic heterocycles. The number of nitrogens with zero attached hydrogens (tertiary/aromatic N) is 1. The van der Waals surface area contributed by atoms with Crippen LogP contribution in [0.15, 0.2) is 42.1 Å². The Labute approximate surface area is 111 Å². The van der Waals surface area contributed by atoms with Crippen LogP contribution in [0.1, 0.15) is 32.3 Å². The average molecular weight is 247 g/mol. The van der Waals surface area contributed by atoms with E-state index in [-0.39, 0.29) is 6.61 Å². The molecule has 0 aliphatic carbocycles. The Hall–Kier alpha value is -1.28. The van der Waals surface area contributed by atoms with Crippen LogP contribution in [0, 0.1) is 0 Å². The molecule has 0 spiro atoms. The maximum atomic E-state index is 9.01. The smallest absolute Gasteiger partial charge is 0.0606 e. The largest absolute Gasteiger partial charge is 0.395 e. The van der Waals surface area contributed by atoms with Crippen molar-refractivity contribution in [2.45, 2.75) is 33.1 Å². The van der Waals surface area contributed by atoms with Gasteiger partial charge in [-0.2, -0.15) is 0 Å². The lowest BCUT2D eigenvalue weighted by atomic mass is 10.1. The van der Waals surface area contributed by atoms with E-state index in [1.807, 2.05) is 0 Å². The molecule has 0 aliphatic heterocycles. The summed E-state index contributed by atoms with van der Waals surface area (Å²) < 4.78 is 0. The Balaban J connectivity index is 2.24. The van der Waals surface area contributed by atoms with Crippen LogP contribution in [0.4, 0.5) is 0 Å². The molecule has 2 nitrogen and oxygen atoms in total. The molecule has 18 heavy (non-hydrogen) atoms. The van der Waals surface area contributed by atoms with Crippen LogP contribution in [0.25, 0.3) is 0 Å². The van der Waals surface area contributed by atoms with Crippen LogP contribution in [0.2, 0.25) is 0 Å². The number of hydrogen-bond donors (Lipinski definition) is 1. The van der Waals surface area contributed by atoms with Gasteiger partial charge in [-0.15, -0.1) is 0 Å². The fraction of sp³-hybridized carbons (Fsp3) is 0.500. The molecule has 0 bridgehead atoms. The van der Waals surface area contributed by atoms with Crippen molar-refractivity contribution < 1.29 is 5.11 Å². The monoisotopic (exact) mass is 247 g/mol. The fourth-order valence-corrected chi connectivity index (χ4v) is 2.02. The molecule has 2 heteroatoms. The average Bonchev–Trinajstić information content (AvgIpc) is 2.35. The number of aliphatic hydroxyl groups is 1. The molecule has 0 unspecified atom stereocenters. The predicted molar refractivity (Wildman–Crippen MR) is 77.5 cm³/mol. The summed E-state index contributed by atoms with van der Waals surface area (Å²) in [6.45, 7) is 6.17. The van der Waals surface area contributed by atoms with Crippen LogP contribution in [-0.4, -0.2) is 29.7 Å². The molecule has 100 valence electrons. The molecule has 0 heterocycles. The Morgan fingerprint density at radius 2 is 1.83 bits per heavy atom. The van der Waals surface area contributed by atoms with Crippen LogP contribution in [-0.2, 0) is 6.42 Å². The second kappa shape index (κ2) is 8.76. The lowest BCUT2D eigenvalue weighted by Crippen LogP contribution is -2.22. The first-order valence-electron chi connectivity index (χ1n) is 6.76. The lowest BCUT2D eigenvalue weighted by molar-refractivity contribution is 0.234. The van der Waals surface area contributed by atoms with Crippen molar-refractivity contribution in [1.82, 2.24) is 4.90 Å². The molecule has 0 atom stereocenters. The molecule has 0 amide bonds. The van der Waals surface area contributed by atoms with E-state index in [1.165, 1.54) is 24.0 Å². The van der Waals surface area contributed by atoms with E-state index in [0.717, 1.165) is 19.5 Å². The quantitative estimate of drug-likeness (QED) is 0.713. The number of unbranched alkanes of at least 4 members (excludes halogenated alkanes) is 1. The van der Waals surface area contributed by atoms with Crippen molar-refractivity contribution in [3.8, 4) is 0 Å². The van der Waals surface area contributed by atoms with Gasteiger partial charge in [0.05, 0.1) is 6.61 Å². The van der Waals surface area contributed by atoms with Crippen molar-refractivity contribution in [2.75, 3.05) is 19.7 Å². The molecular formula is C16H25NO. The third kappa shape index (κ3) is 6.45. The molecule has 1 rings (SSSR count). The summed E-state index contributed by atoms with van der Waals surface area (Å²) in [7, 11) is 0. The van der Waals surface area contributed by atoms with Gasteiger partial charge in [-0.25, -0.2) is 0 Å². The zero-order valence-electron chi connectivity index (χ0n) is 11.6. The van der Waals surface area contributed by atoms with Gasteiger partial charge >= 0.3 is 0 Å². The van der Waals surface area contributed by atoms with E-state index in [9.17, 15) is 0 Å². The molecule has 0 saturated heterocycles. The number of benzene rings is 1. The van der Waals surface area contributed by atoms with E-state index in [1.54, 1.807) is 0 Å². The third-order valence-corrected chi connectivity index (χ3v) is 2.83. The van der Waals surface area contributed by atoms with Gasteiger partial charge in [0.1, 0.15) is 0 Å². The van der Waals surface area contributed by atoms with Gasteiger partial charge < -0.3 is 10.0 Å². The molecule has 1 aromatic rings. The normalized spacial score (nSPS) is 10.2. The topological polar surface area (TPSA) is 23.5 Å². The standard InChI is InChI=1S/C16H25NO/c1-15(2)14-17(12-13-18)11-7-6-10-16-8-4-3-5-9-16/h3-5,8-9,14,18H,6-7,10-13H2,1-2H3. The highest BCUT2D eigenvalue weighted by molar-refractivity contribution is 5.14. The molecule has 0 aliphatic rings. The van der Waals surface area contributed by atoms with Gasteiger partial charge in [-0.05, 0) is 44.9 Å². The first-order valence-corrected chi connectivity index (χ1v) is 6.76. The maximum Gasteiger partial charge on any atom is 0.0606 e. The number of rotatable bonds is 8. The van der Waals surface area contributed by atoms with Crippen molar-refractivity contribution in [3.05, 3.63) is 47.7 Å². The minimum Gasteiger partial charge on any atom is -0.395 e. The highest BCUT2D eigenvalue weighted by atomic mass is 16.3. The van der Waals surface area contributed by atoms with E-state index >= 15 is 0 Å². The summed E-state index contributed by atoms with van der Waals surface area (Å²) >= 11 is 0. The molecule has 1 N–H and O–H groups in total. The van der Waals surface area contributed by atoms with Crippen molar-refractivity contribution in [2.24, 2.45) is 0 Å². The summed E-state index contributed by atoms with van der Waals surface area (Å²) in [5, 5.41) is 9.01. The maximum absolute atomic E-state index is 9.01. The minimum atomic E-state index is 0.225. The lowest BCUT2D eigenvalue weighted by Gasteiger charge is -2.19. The Bertz CT molecular complexity index is 341. The van der Waals surface area contributed by atoms with Gasteiger partial charge in [-0.3, -0.25) is 0 Å². The SMILES string of the molecule is CC(C)=CN(CCO)CCCCc1ccccc1. The number of aliphatic hydroxyl groups excluding tert-OH is 1. The molecule has 0 radical (unpaired) electrons. The van der Waals surface area contributed by atoms with Crippen LogP contribution >= 0.6 is 0 Å². The molecule has 0 fully saturated rings. The van der Waals surface area contributed by atoms with Crippen LogP contribution < -0.4 is 0 Å². The first kappa shape index (κ1) is 14.8. The van der Waals surface area contributed by atoms with E-state index in [2.05, 4.69) is 55.3 Å². The van der Waals surface area contributed by atoms with Crippen molar-refractivity contribution in [3.63, 3.8) is 0 Å². The zero-order chi connectivity index (χ0) is 13.2. The van der Waals surface area contributed by atoms with E-state index in [0.29, 0.717) is 0 Å². The number of allylic oxidation sites excluding steroid dienone is 1. The second-order valence-electron chi connectivity index (χ2n) is 4.91. The van der Waals surface area contributed by atoms with Gasteiger partial charge in [0, 0.05) is 13.1 Å². The van der Waals surface area contributed by atoms with E-state index < -0.39 is 0 Å². The van der Waals surface area contributed by atoms with Gasteiger partial charge in [-0.1, -0.05) is 35.9 Å². The van der Waals surface area contributed by atoms with Crippen LogP contribution in [0.3, 0.4) is 0 Å². The molecule has 0 saturated carbocycles. The summed E-state index contributed by atoms with van der Waals surface area (Å²) in [5.74, 6) is 0. The fourth-order valence-electron chi connectivity index (χ4n) is 2.02. The van der Waals surface area contributed by atoms with Crippen molar-refractivity contribution >= 4 is 0 Å². The van der Waals surface area contributed by atoms with Crippen LogP contribution in [0.5, 0.6) is 0 Å². The van der Waals surface area contributed by atoms with Gasteiger partial charge in [0.15, 0.2) is 0 Å². The summed E-state index contributed by atoms with van der Waals surface area (Å²) in [6, 6.07) is 10.6. The summed E-state index contributed by atoms with van der Waals surface area (Å²) in [6.07, 6.45) is 5.64. The van der Waals surface area contributed by atoms with Gasteiger partial charge in [0.2, 0.25) is 0 Å². The summed E-state index contributed by atoms with van der Waals surface area (Å²) in [4.78, 5) is 2.21. The zero-order valence-corrected chi connectivity index (χ0v) is 11.6. The Morgan fingerprint density at radius 3 is 2.44 bits per heavy atom. The first-order chi connectivity index (χ1) is 8.72. The highest BCUT2D eigenvalue weighted by Crippen LogP contribution is 2.06. The van der Waals surface area contributed by atoms with Gasteiger partial charge in [0.25, 0.3) is 0 Å². The number of aryl methyl sites for hydroxylation is 1. The Morgan fingerprint density at radius 1 is 1.11 bits per heavy atom.